The molecule has 1 aliphatic carbocycles. The molecule has 1 aliphatic heterocycles. The molecule has 1 heterocycles. The molecular weight excluding hydrogens is 212 g/mol. The number of rotatable bonds is 2. The quantitative estimate of drug-likeness (QED) is 0.746. The fraction of sp³-hybridized carbons (Fsp3) is 0.733. The van der Waals surface area contributed by atoms with Gasteiger partial charge in [-0.05, 0) is 31.1 Å². The van der Waals surface area contributed by atoms with Crippen molar-refractivity contribution in [1.82, 2.24) is 0 Å². The molecule has 2 heteroatoms. The fourth-order valence-corrected chi connectivity index (χ4v) is 3.73. The van der Waals surface area contributed by atoms with Gasteiger partial charge >= 0.3 is 0 Å². The predicted molar refractivity (Wildman–Crippen MR) is 69.4 cm³/mol. The molecule has 6 unspecified atom stereocenters. The number of aliphatic hydroxyl groups excluding tert-OH is 1. The lowest BCUT2D eigenvalue weighted by atomic mass is 9.59. The van der Waals surface area contributed by atoms with Crippen LogP contribution in [0.1, 0.15) is 33.6 Å². The van der Waals surface area contributed by atoms with Crippen LogP contribution in [0.15, 0.2) is 24.8 Å². The number of fused-ring (bicyclic) bond motifs is 1. The first-order valence-corrected chi connectivity index (χ1v) is 6.53. The van der Waals surface area contributed by atoms with Gasteiger partial charge in [0, 0.05) is 11.8 Å². The van der Waals surface area contributed by atoms with Crippen molar-refractivity contribution in [1.29, 1.82) is 0 Å². The van der Waals surface area contributed by atoms with Crippen LogP contribution in [-0.2, 0) is 4.74 Å². The van der Waals surface area contributed by atoms with Crippen molar-refractivity contribution in [2.75, 3.05) is 0 Å². The zero-order chi connectivity index (χ0) is 12.8. The van der Waals surface area contributed by atoms with Crippen LogP contribution < -0.4 is 0 Å². The molecule has 17 heavy (non-hydrogen) atoms. The number of hydrogen-bond acceptors (Lipinski definition) is 2. The molecule has 0 aromatic carbocycles. The van der Waals surface area contributed by atoms with Gasteiger partial charge in [0.15, 0.2) is 6.29 Å². The Balaban J connectivity index is 2.33. The highest BCUT2D eigenvalue weighted by molar-refractivity contribution is 5.16. The molecule has 0 aromatic heterocycles. The summed E-state index contributed by atoms with van der Waals surface area (Å²) < 4.78 is 5.80. The van der Waals surface area contributed by atoms with Gasteiger partial charge in [0.05, 0.1) is 6.10 Å². The van der Waals surface area contributed by atoms with Crippen molar-refractivity contribution in [3.63, 3.8) is 0 Å². The van der Waals surface area contributed by atoms with Crippen molar-refractivity contribution in [3.8, 4) is 0 Å². The van der Waals surface area contributed by atoms with Crippen LogP contribution in [0.5, 0.6) is 0 Å². The summed E-state index contributed by atoms with van der Waals surface area (Å²) in [7, 11) is 0. The third kappa shape index (κ3) is 1.88. The van der Waals surface area contributed by atoms with E-state index in [-0.39, 0.29) is 23.4 Å². The molecular formula is C15H24O2. The Morgan fingerprint density at radius 3 is 2.71 bits per heavy atom. The fourth-order valence-electron chi connectivity index (χ4n) is 3.73. The van der Waals surface area contributed by atoms with Gasteiger partial charge in [0.1, 0.15) is 0 Å². The van der Waals surface area contributed by atoms with E-state index in [4.69, 9.17) is 4.74 Å². The Labute approximate surface area is 104 Å². The normalized spacial score (nSPS) is 49.8. The Kier molecular flexibility index (Phi) is 3.21. The summed E-state index contributed by atoms with van der Waals surface area (Å²) in [4.78, 5) is 0. The molecule has 1 saturated carbocycles. The van der Waals surface area contributed by atoms with Crippen LogP contribution in [0, 0.1) is 23.2 Å². The first-order valence-electron chi connectivity index (χ1n) is 6.53. The van der Waals surface area contributed by atoms with Gasteiger partial charge in [-0.3, -0.25) is 0 Å². The summed E-state index contributed by atoms with van der Waals surface area (Å²) >= 11 is 0. The minimum absolute atomic E-state index is 0.0524. The summed E-state index contributed by atoms with van der Waals surface area (Å²) in [6.45, 7) is 14.5. The first kappa shape index (κ1) is 12.8. The SMILES string of the molecule is C=CC1(C)CCC2C(C)C(O)OC2C1C(=C)C. The largest absolute Gasteiger partial charge is 0.368 e. The monoisotopic (exact) mass is 236 g/mol. The highest BCUT2D eigenvalue weighted by atomic mass is 16.6. The van der Waals surface area contributed by atoms with E-state index in [1.54, 1.807) is 0 Å². The predicted octanol–water partition coefficient (Wildman–Crippen LogP) is 3.13. The Bertz CT molecular complexity index is 336. The van der Waals surface area contributed by atoms with Crippen molar-refractivity contribution < 1.29 is 9.84 Å². The molecule has 2 fully saturated rings. The van der Waals surface area contributed by atoms with E-state index in [2.05, 4.69) is 33.9 Å². The second-order valence-corrected chi connectivity index (χ2v) is 6.09. The maximum atomic E-state index is 9.89. The van der Waals surface area contributed by atoms with E-state index >= 15 is 0 Å². The van der Waals surface area contributed by atoms with Crippen LogP contribution in [0.2, 0.25) is 0 Å². The molecule has 1 N–H and O–H groups in total. The van der Waals surface area contributed by atoms with Crippen LogP contribution in [0.25, 0.3) is 0 Å². The van der Waals surface area contributed by atoms with Crippen LogP contribution >= 0.6 is 0 Å². The van der Waals surface area contributed by atoms with Gasteiger partial charge in [-0.25, -0.2) is 0 Å². The molecule has 2 aliphatic rings. The van der Waals surface area contributed by atoms with E-state index in [1.165, 1.54) is 0 Å². The second-order valence-electron chi connectivity index (χ2n) is 6.09. The van der Waals surface area contributed by atoms with Gasteiger partial charge in [0.2, 0.25) is 0 Å². The third-order valence-electron chi connectivity index (χ3n) is 4.90. The standard InChI is InChI=1S/C15H24O2/c1-6-15(5)8-7-11-10(4)14(16)17-13(11)12(15)9(2)3/h6,10-14,16H,1-2,7-8H2,3-5H3. The maximum absolute atomic E-state index is 9.89. The van der Waals surface area contributed by atoms with Gasteiger partial charge in [-0.15, -0.1) is 6.58 Å². The Morgan fingerprint density at radius 2 is 2.18 bits per heavy atom. The zero-order valence-corrected chi connectivity index (χ0v) is 11.1. The highest BCUT2D eigenvalue weighted by Gasteiger charge is 2.53. The van der Waals surface area contributed by atoms with E-state index in [9.17, 15) is 5.11 Å². The van der Waals surface area contributed by atoms with E-state index in [0.29, 0.717) is 5.92 Å². The molecule has 0 spiro atoms. The number of hydrogen-bond donors (Lipinski definition) is 1. The molecule has 2 rings (SSSR count). The second kappa shape index (κ2) is 4.25. The lowest BCUT2D eigenvalue weighted by Gasteiger charge is -2.46. The van der Waals surface area contributed by atoms with Gasteiger partial charge in [0.25, 0.3) is 0 Å². The average Bonchev–Trinajstić information content (AvgIpc) is 2.54. The van der Waals surface area contributed by atoms with Gasteiger partial charge in [-0.2, -0.15) is 0 Å². The van der Waals surface area contributed by atoms with Gasteiger partial charge in [-0.1, -0.05) is 32.1 Å². The van der Waals surface area contributed by atoms with Crippen molar-refractivity contribution >= 4 is 0 Å². The molecule has 6 atom stereocenters. The third-order valence-corrected chi connectivity index (χ3v) is 4.90. The van der Waals surface area contributed by atoms with Crippen molar-refractivity contribution in [2.45, 2.75) is 46.0 Å². The summed E-state index contributed by atoms with van der Waals surface area (Å²) in [5, 5.41) is 9.89. The summed E-state index contributed by atoms with van der Waals surface area (Å²) in [5.41, 5.74) is 1.19. The molecule has 0 radical (unpaired) electrons. The zero-order valence-electron chi connectivity index (χ0n) is 11.1. The summed E-state index contributed by atoms with van der Waals surface area (Å²) in [6, 6.07) is 0. The van der Waals surface area contributed by atoms with Gasteiger partial charge < -0.3 is 9.84 Å². The number of allylic oxidation sites excluding steroid dienone is 1. The van der Waals surface area contributed by atoms with E-state index in [0.717, 1.165) is 18.4 Å². The smallest absolute Gasteiger partial charge is 0.157 e. The minimum Gasteiger partial charge on any atom is -0.368 e. The lowest BCUT2D eigenvalue weighted by Crippen LogP contribution is -2.44. The molecule has 96 valence electrons. The summed E-state index contributed by atoms with van der Waals surface area (Å²) in [5.74, 6) is 0.967. The summed E-state index contributed by atoms with van der Waals surface area (Å²) in [6.07, 6.45) is 3.75. The first-order chi connectivity index (χ1) is 7.90. The van der Waals surface area contributed by atoms with Crippen LogP contribution in [0.4, 0.5) is 0 Å². The van der Waals surface area contributed by atoms with E-state index < -0.39 is 6.29 Å². The van der Waals surface area contributed by atoms with Crippen molar-refractivity contribution in [2.24, 2.45) is 23.2 Å². The highest BCUT2D eigenvalue weighted by Crippen LogP contribution is 2.53. The Morgan fingerprint density at radius 1 is 1.53 bits per heavy atom. The Hall–Kier alpha value is -0.600. The molecule has 0 aromatic rings. The lowest BCUT2D eigenvalue weighted by molar-refractivity contribution is -0.127. The molecule has 0 amide bonds. The molecule has 1 saturated heterocycles. The van der Waals surface area contributed by atoms with E-state index in [1.807, 2.05) is 6.08 Å². The number of ether oxygens (including phenoxy) is 1. The maximum Gasteiger partial charge on any atom is 0.157 e. The van der Waals surface area contributed by atoms with Crippen molar-refractivity contribution in [3.05, 3.63) is 24.8 Å². The molecule has 2 nitrogen and oxygen atoms in total. The number of aliphatic hydroxyl groups is 1. The average molecular weight is 236 g/mol. The minimum atomic E-state index is -0.612. The van der Waals surface area contributed by atoms with Crippen LogP contribution in [0.3, 0.4) is 0 Å². The topological polar surface area (TPSA) is 29.5 Å². The molecule has 0 bridgehead atoms. The van der Waals surface area contributed by atoms with Crippen LogP contribution in [-0.4, -0.2) is 17.5 Å².